The van der Waals surface area contributed by atoms with Crippen molar-refractivity contribution in [2.75, 3.05) is 6.54 Å². The molecule has 30 heavy (non-hydrogen) atoms. The summed E-state index contributed by atoms with van der Waals surface area (Å²) in [5, 5.41) is 33.0. The van der Waals surface area contributed by atoms with Crippen molar-refractivity contribution >= 4 is 17.9 Å². The molecule has 0 radical (unpaired) electrons. The first-order chi connectivity index (χ1) is 14.2. The number of urea groups is 1. The Morgan fingerprint density at radius 2 is 1.73 bits per heavy atom. The molecule has 3 rings (SSSR count). The van der Waals surface area contributed by atoms with Crippen molar-refractivity contribution in [2.45, 2.75) is 83.5 Å². The predicted molar refractivity (Wildman–Crippen MR) is 108 cm³/mol. The zero-order valence-corrected chi connectivity index (χ0v) is 17.7. The van der Waals surface area contributed by atoms with E-state index in [1.807, 2.05) is 6.92 Å². The van der Waals surface area contributed by atoms with Crippen LogP contribution in [0, 0.1) is 11.8 Å². The van der Waals surface area contributed by atoms with Gasteiger partial charge in [-0.25, -0.2) is 4.79 Å². The van der Waals surface area contributed by atoms with Gasteiger partial charge in [0.15, 0.2) is 6.23 Å². The van der Waals surface area contributed by atoms with E-state index in [-0.39, 0.29) is 23.6 Å². The zero-order valence-electron chi connectivity index (χ0n) is 17.7. The predicted octanol–water partition coefficient (Wildman–Crippen LogP) is 2.17. The Labute approximate surface area is 176 Å². The van der Waals surface area contributed by atoms with Gasteiger partial charge in [-0.05, 0) is 31.1 Å². The molecule has 3 aliphatic rings. The van der Waals surface area contributed by atoms with Crippen molar-refractivity contribution < 1.29 is 29.7 Å². The van der Waals surface area contributed by atoms with E-state index in [1.54, 1.807) is 0 Å². The van der Waals surface area contributed by atoms with Crippen LogP contribution in [0.5, 0.6) is 0 Å². The number of hydrogen-bond acceptors (Lipinski definition) is 5. The molecule has 2 aliphatic carbocycles. The largest absolute Gasteiger partial charge is 0.494 e. The van der Waals surface area contributed by atoms with Crippen molar-refractivity contribution in [3.8, 4) is 0 Å². The highest BCUT2D eigenvalue weighted by molar-refractivity contribution is 5.98. The number of nitrogens with one attached hydrogen (secondary N) is 1. The summed E-state index contributed by atoms with van der Waals surface area (Å²) in [5.41, 5.74) is -0.355. The van der Waals surface area contributed by atoms with Gasteiger partial charge in [0.05, 0.1) is 0 Å². The fourth-order valence-corrected chi connectivity index (χ4v) is 5.11. The van der Waals surface area contributed by atoms with Crippen LogP contribution in [0.25, 0.3) is 0 Å². The zero-order chi connectivity index (χ0) is 22.0. The summed E-state index contributed by atoms with van der Waals surface area (Å²) in [7, 11) is 0. The molecular weight excluding hydrogens is 390 g/mol. The van der Waals surface area contributed by atoms with Crippen LogP contribution in [-0.2, 0) is 9.59 Å². The van der Waals surface area contributed by atoms with Gasteiger partial charge < -0.3 is 20.6 Å². The number of rotatable bonds is 5. The third-order valence-electron chi connectivity index (χ3n) is 7.02. The number of nitrogens with zero attached hydrogens (tertiary/aromatic N) is 2. The van der Waals surface area contributed by atoms with Gasteiger partial charge in [0.25, 0.3) is 5.91 Å². The molecule has 0 aromatic carbocycles. The highest BCUT2D eigenvalue weighted by Crippen LogP contribution is 2.39. The minimum Gasteiger partial charge on any atom is -0.494 e. The van der Waals surface area contributed by atoms with Gasteiger partial charge in [-0.2, -0.15) is 0 Å². The Morgan fingerprint density at radius 1 is 1.07 bits per heavy atom. The van der Waals surface area contributed by atoms with Crippen molar-refractivity contribution in [1.82, 2.24) is 15.1 Å². The molecule has 4 unspecified atom stereocenters. The minimum absolute atomic E-state index is 0.120. The third kappa shape index (κ3) is 4.26. The Morgan fingerprint density at radius 3 is 2.37 bits per heavy atom. The third-order valence-corrected chi connectivity index (χ3v) is 7.02. The van der Waals surface area contributed by atoms with Gasteiger partial charge in [-0.3, -0.25) is 19.4 Å². The lowest BCUT2D eigenvalue weighted by molar-refractivity contribution is -0.138. The summed E-state index contributed by atoms with van der Waals surface area (Å²) >= 11 is 0. The van der Waals surface area contributed by atoms with Crippen LogP contribution in [0.2, 0.25) is 0 Å². The lowest BCUT2D eigenvalue weighted by Gasteiger charge is -2.49. The van der Waals surface area contributed by atoms with Crippen molar-refractivity contribution in [3.63, 3.8) is 0 Å². The van der Waals surface area contributed by atoms with Crippen molar-refractivity contribution in [1.29, 1.82) is 0 Å². The van der Waals surface area contributed by atoms with E-state index in [1.165, 1.54) is 9.80 Å². The Balaban J connectivity index is 1.99. The molecule has 0 aromatic rings. The summed E-state index contributed by atoms with van der Waals surface area (Å²) in [5.74, 6) is -2.20. The molecule has 1 heterocycles. The number of aliphatic hydroxyl groups excluding tert-OH is 2. The molecule has 1 aliphatic heterocycles. The number of carbonyl (C=O) groups is 3. The molecule has 0 aromatic heterocycles. The molecule has 2 saturated carbocycles. The number of aliphatic carboxylic acids is 1. The van der Waals surface area contributed by atoms with E-state index in [0.717, 1.165) is 32.1 Å². The second-order valence-electron chi connectivity index (χ2n) is 8.87. The van der Waals surface area contributed by atoms with E-state index in [0.29, 0.717) is 25.2 Å². The van der Waals surface area contributed by atoms with E-state index >= 15 is 0 Å². The van der Waals surface area contributed by atoms with Gasteiger partial charge >= 0.3 is 12.0 Å². The SMILES string of the molecule is CC1CCCC(N2C(=O)N(C3CCCCC3)C(O)=C(C(=O)NCC(=O)O)C2O)C1C. The molecular formula is C21H33N3O6. The maximum Gasteiger partial charge on any atom is 0.329 e. The average molecular weight is 424 g/mol. The molecule has 3 amide bonds. The summed E-state index contributed by atoms with van der Waals surface area (Å²) in [4.78, 5) is 39.7. The highest BCUT2D eigenvalue weighted by Gasteiger charge is 2.49. The molecule has 4 N–H and O–H groups in total. The Bertz CT molecular complexity index is 718. The first kappa shape index (κ1) is 22.4. The number of carboxylic acids is 1. The van der Waals surface area contributed by atoms with Crippen LogP contribution in [0.15, 0.2) is 11.5 Å². The van der Waals surface area contributed by atoms with Crippen molar-refractivity contribution in [3.05, 3.63) is 11.5 Å². The first-order valence-electron chi connectivity index (χ1n) is 11.0. The maximum absolute atomic E-state index is 13.5. The fraction of sp³-hybridized carbons (Fsp3) is 0.762. The van der Waals surface area contributed by atoms with Gasteiger partial charge in [-0.1, -0.05) is 46.0 Å². The van der Waals surface area contributed by atoms with Crippen molar-refractivity contribution in [2.24, 2.45) is 11.8 Å². The molecule has 168 valence electrons. The van der Waals surface area contributed by atoms with Crippen LogP contribution < -0.4 is 5.32 Å². The molecule has 4 atom stereocenters. The van der Waals surface area contributed by atoms with E-state index in [4.69, 9.17) is 5.11 Å². The highest BCUT2D eigenvalue weighted by atomic mass is 16.4. The topological polar surface area (TPSA) is 130 Å². The molecule has 2 fully saturated rings. The second kappa shape index (κ2) is 9.24. The molecule has 0 bridgehead atoms. The van der Waals surface area contributed by atoms with Crippen LogP contribution in [0.4, 0.5) is 4.79 Å². The number of aliphatic hydroxyl groups is 2. The normalized spacial score (nSPS) is 31.1. The van der Waals surface area contributed by atoms with E-state index < -0.39 is 36.6 Å². The standard InChI is InChI=1S/C21H33N3O6/c1-12-7-6-10-15(13(12)2)24-20(29)17(18(27)22-11-16(25)26)19(28)23(21(24)30)14-8-4-3-5-9-14/h12-15,20,28-29H,3-11H2,1-2H3,(H,22,27)(H,25,26). The minimum atomic E-state index is -1.62. The lowest BCUT2D eigenvalue weighted by atomic mass is 9.77. The second-order valence-corrected chi connectivity index (χ2v) is 8.87. The molecule has 0 saturated heterocycles. The number of amides is 3. The quantitative estimate of drug-likeness (QED) is 0.536. The summed E-state index contributed by atoms with van der Waals surface area (Å²) in [6, 6.07) is -0.995. The summed E-state index contributed by atoms with van der Waals surface area (Å²) in [6.45, 7) is 3.52. The van der Waals surface area contributed by atoms with Gasteiger partial charge in [0.1, 0.15) is 12.1 Å². The van der Waals surface area contributed by atoms with Gasteiger partial charge in [-0.15, -0.1) is 0 Å². The Hall–Kier alpha value is -2.29. The van der Waals surface area contributed by atoms with E-state index in [2.05, 4.69) is 12.2 Å². The van der Waals surface area contributed by atoms with E-state index in [9.17, 15) is 24.6 Å². The molecule has 9 heteroatoms. The van der Waals surface area contributed by atoms with Crippen LogP contribution in [0.3, 0.4) is 0 Å². The Kier molecular flexibility index (Phi) is 6.90. The monoisotopic (exact) mass is 423 g/mol. The summed E-state index contributed by atoms with van der Waals surface area (Å²) < 4.78 is 0. The van der Waals surface area contributed by atoms with Gasteiger partial charge in [0, 0.05) is 12.1 Å². The van der Waals surface area contributed by atoms with Crippen LogP contribution in [0.1, 0.15) is 65.2 Å². The average Bonchev–Trinajstić information content (AvgIpc) is 2.70. The molecule has 0 spiro atoms. The number of hydrogen-bond donors (Lipinski definition) is 4. The smallest absolute Gasteiger partial charge is 0.329 e. The summed E-state index contributed by atoms with van der Waals surface area (Å²) in [6.07, 6.45) is 5.34. The van der Waals surface area contributed by atoms with Crippen LogP contribution in [-0.4, -0.2) is 67.9 Å². The fourth-order valence-electron chi connectivity index (χ4n) is 5.11. The van der Waals surface area contributed by atoms with Gasteiger partial charge in [0.2, 0.25) is 5.88 Å². The number of carboxylic acid groups (broad SMARTS) is 1. The lowest BCUT2D eigenvalue weighted by Crippen LogP contribution is -2.63. The maximum atomic E-state index is 13.5. The first-order valence-corrected chi connectivity index (χ1v) is 11.0. The number of carbonyl (C=O) groups excluding carboxylic acids is 2. The van der Waals surface area contributed by atoms with Crippen LogP contribution >= 0.6 is 0 Å². The molecule has 9 nitrogen and oxygen atoms in total.